The fraction of sp³-hybridized carbons (Fsp3) is 0.346. The predicted molar refractivity (Wildman–Crippen MR) is 128 cm³/mol. The third-order valence-corrected chi connectivity index (χ3v) is 6.64. The molecule has 32 heavy (non-hydrogen) atoms. The smallest absolute Gasteiger partial charge is 0.223 e. The van der Waals surface area contributed by atoms with Gasteiger partial charge in [0.05, 0.1) is 17.8 Å². The zero-order valence-electron chi connectivity index (χ0n) is 18.4. The van der Waals surface area contributed by atoms with Crippen LogP contribution in [0.3, 0.4) is 0 Å². The Labute approximate surface area is 195 Å². The predicted octanol–water partition coefficient (Wildman–Crippen LogP) is 4.77. The normalized spacial score (nSPS) is 19.0. The molecule has 2 aliphatic rings. The molecule has 0 radical (unpaired) electrons. The van der Waals surface area contributed by atoms with Crippen LogP contribution in [-0.2, 0) is 4.79 Å². The lowest BCUT2D eigenvalue weighted by Gasteiger charge is -2.41. The summed E-state index contributed by atoms with van der Waals surface area (Å²) in [6.45, 7) is 3.70. The van der Waals surface area contributed by atoms with Gasteiger partial charge in [0.1, 0.15) is 0 Å². The second kappa shape index (κ2) is 9.80. The first kappa shape index (κ1) is 22.4. The molecule has 1 N–H and O–H groups in total. The Morgan fingerprint density at radius 2 is 1.66 bits per heavy atom. The third kappa shape index (κ3) is 5.34. The van der Waals surface area contributed by atoms with Gasteiger partial charge in [-0.15, -0.1) is 0 Å². The van der Waals surface area contributed by atoms with Crippen molar-refractivity contribution in [1.82, 2.24) is 14.2 Å². The van der Waals surface area contributed by atoms with Crippen molar-refractivity contribution in [3.63, 3.8) is 0 Å². The van der Waals surface area contributed by atoms with Gasteiger partial charge in [-0.25, -0.2) is 0 Å². The monoisotopic (exact) mass is 451 g/mol. The molecule has 5 nitrogen and oxygen atoms in total. The molecule has 2 aromatic carbocycles. The molecule has 6 heteroatoms. The maximum Gasteiger partial charge on any atom is 0.223 e. The van der Waals surface area contributed by atoms with Crippen LogP contribution in [0.2, 0.25) is 0 Å². The van der Waals surface area contributed by atoms with Crippen molar-refractivity contribution in [2.75, 3.05) is 19.6 Å². The second-order valence-electron chi connectivity index (χ2n) is 8.78. The summed E-state index contributed by atoms with van der Waals surface area (Å²) in [5.74, 6) is 0.341. The van der Waals surface area contributed by atoms with Crippen molar-refractivity contribution in [3.05, 3.63) is 90.4 Å². The summed E-state index contributed by atoms with van der Waals surface area (Å²) >= 11 is 6.34. The highest BCUT2D eigenvalue weighted by Crippen LogP contribution is 2.30. The minimum Gasteiger partial charge on any atom is -0.388 e. The van der Waals surface area contributed by atoms with Gasteiger partial charge in [-0.1, -0.05) is 67.6 Å². The Bertz CT molecular complexity index is 969. The number of rotatable bonds is 6. The Morgan fingerprint density at radius 1 is 1.03 bits per heavy atom. The van der Waals surface area contributed by atoms with Crippen molar-refractivity contribution in [2.24, 2.45) is 0 Å². The Hall–Kier alpha value is -2.76. The first-order valence-corrected chi connectivity index (χ1v) is 11.5. The van der Waals surface area contributed by atoms with Gasteiger partial charge in [0.2, 0.25) is 5.91 Å². The van der Waals surface area contributed by atoms with Crippen LogP contribution >= 0.6 is 11.8 Å². The summed E-state index contributed by atoms with van der Waals surface area (Å²) < 4.78 is 1.56. The molecule has 1 atom stereocenters. The number of aliphatic hydroxyl groups is 1. The number of carbonyl (C=O) groups is 1. The van der Waals surface area contributed by atoms with Crippen molar-refractivity contribution in [3.8, 4) is 0 Å². The number of β-amino-alcohol motifs (C(OH)–C–C–N with tert-alkyl or cyclic N) is 1. The molecule has 1 saturated heterocycles. The van der Waals surface area contributed by atoms with E-state index in [1.807, 2.05) is 70.7 Å². The minimum absolute atomic E-state index is 0.158. The molecule has 1 fully saturated rings. The molecule has 2 aliphatic heterocycles. The SMILES string of the molecule is CC(CC(=O)N1CCC(O)(CN2C=CN(Cl)C(c3ccccc3)=C2)CC1)c1ccccc1. The van der Waals surface area contributed by atoms with E-state index in [9.17, 15) is 9.90 Å². The van der Waals surface area contributed by atoms with Crippen LogP contribution in [0.1, 0.15) is 43.2 Å². The van der Waals surface area contributed by atoms with Gasteiger partial charge in [0.25, 0.3) is 0 Å². The van der Waals surface area contributed by atoms with Gasteiger partial charge in [0.15, 0.2) is 0 Å². The zero-order valence-corrected chi connectivity index (χ0v) is 19.2. The van der Waals surface area contributed by atoms with Crippen LogP contribution in [0.5, 0.6) is 0 Å². The summed E-state index contributed by atoms with van der Waals surface area (Å²) in [7, 11) is 0. The van der Waals surface area contributed by atoms with Gasteiger partial charge in [-0.3, -0.25) is 9.21 Å². The van der Waals surface area contributed by atoms with E-state index >= 15 is 0 Å². The van der Waals surface area contributed by atoms with E-state index in [-0.39, 0.29) is 11.8 Å². The highest BCUT2D eigenvalue weighted by molar-refractivity contribution is 6.18. The van der Waals surface area contributed by atoms with E-state index in [4.69, 9.17) is 11.8 Å². The molecule has 0 aromatic heterocycles. The van der Waals surface area contributed by atoms with Crippen molar-refractivity contribution in [1.29, 1.82) is 0 Å². The van der Waals surface area contributed by atoms with E-state index < -0.39 is 5.60 Å². The summed E-state index contributed by atoms with van der Waals surface area (Å²) in [5.41, 5.74) is 2.21. The number of likely N-dealkylation sites (tertiary alicyclic amines) is 1. The summed E-state index contributed by atoms with van der Waals surface area (Å²) in [6.07, 6.45) is 7.22. The third-order valence-electron chi connectivity index (χ3n) is 6.35. The number of halogens is 1. The molecular weight excluding hydrogens is 422 g/mol. The Balaban J connectivity index is 1.33. The molecule has 1 amide bonds. The molecule has 0 aliphatic carbocycles. The minimum atomic E-state index is -0.848. The largest absolute Gasteiger partial charge is 0.388 e. The quantitative estimate of drug-likeness (QED) is 0.642. The molecule has 2 heterocycles. The fourth-order valence-electron chi connectivity index (χ4n) is 4.35. The maximum absolute atomic E-state index is 12.8. The van der Waals surface area contributed by atoms with E-state index in [0.29, 0.717) is 38.9 Å². The summed E-state index contributed by atoms with van der Waals surface area (Å²) in [6, 6.07) is 20.1. The molecule has 4 rings (SSSR count). The number of piperidine rings is 1. The molecule has 168 valence electrons. The average molecular weight is 452 g/mol. The molecule has 0 saturated carbocycles. The van der Waals surface area contributed by atoms with Crippen LogP contribution in [-0.4, -0.2) is 50.5 Å². The highest BCUT2D eigenvalue weighted by atomic mass is 35.5. The van der Waals surface area contributed by atoms with Crippen LogP contribution in [0.25, 0.3) is 5.70 Å². The van der Waals surface area contributed by atoms with E-state index in [1.54, 1.807) is 10.6 Å². The number of carbonyl (C=O) groups excluding carboxylic acids is 1. The number of hydrogen-bond acceptors (Lipinski definition) is 4. The van der Waals surface area contributed by atoms with Gasteiger partial charge in [-0.2, -0.15) is 0 Å². The van der Waals surface area contributed by atoms with Crippen LogP contribution in [0.4, 0.5) is 0 Å². The molecule has 2 aromatic rings. The van der Waals surface area contributed by atoms with E-state index in [0.717, 1.165) is 11.3 Å². The number of benzene rings is 2. The first-order chi connectivity index (χ1) is 15.4. The van der Waals surface area contributed by atoms with Crippen LogP contribution in [0, 0.1) is 0 Å². The van der Waals surface area contributed by atoms with E-state index in [2.05, 4.69) is 19.1 Å². The van der Waals surface area contributed by atoms with Gasteiger partial charge in [0, 0.05) is 55.5 Å². The molecule has 0 bridgehead atoms. The first-order valence-electron chi connectivity index (χ1n) is 11.1. The Morgan fingerprint density at radius 3 is 2.31 bits per heavy atom. The average Bonchev–Trinajstić information content (AvgIpc) is 2.81. The fourth-order valence-corrected chi connectivity index (χ4v) is 4.54. The van der Waals surface area contributed by atoms with E-state index in [1.165, 1.54) is 5.56 Å². The van der Waals surface area contributed by atoms with Crippen LogP contribution < -0.4 is 0 Å². The lowest BCUT2D eigenvalue weighted by atomic mass is 9.90. The van der Waals surface area contributed by atoms with Crippen molar-refractivity contribution in [2.45, 2.75) is 37.7 Å². The standard InChI is InChI=1S/C26H30ClN3O2/c1-21(22-8-4-2-5-9-22)18-25(31)29-14-12-26(32,13-15-29)20-28-16-17-30(27)24(19-28)23-10-6-3-7-11-23/h2-11,16-17,19,21,32H,12-15,18,20H2,1H3. The second-order valence-corrected chi connectivity index (χ2v) is 9.15. The van der Waals surface area contributed by atoms with Gasteiger partial charge >= 0.3 is 0 Å². The number of hydrogen-bond donors (Lipinski definition) is 1. The van der Waals surface area contributed by atoms with Crippen LogP contribution in [0.15, 0.2) is 79.3 Å². The molecule has 1 unspecified atom stereocenters. The molecular formula is C26H30ClN3O2. The number of amides is 1. The summed E-state index contributed by atoms with van der Waals surface area (Å²) in [4.78, 5) is 16.7. The van der Waals surface area contributed by atoms with Crippen molar-refractivity contribution >= 4 is 23.4 Å². The lowest BCUT2D eigenvalue weighted by Crippen LogP contribution is -2.51. The topological polar surface area (TPSA) is 47.0 Å². The maximum atomic E-state index is 12.8. The highest BCUT2D eigenvalue weighted by Gasteiger charge is 2.35. The molecule has 0 spiro atoms. The Kier molecular flexibility index (Phi) is 6.87. The number of nitrogens with zero attached hydrogens (tertiary/aromatic N) is 3. The lowest BCUT2D eigenvalue weighted by molar-refractivity contribution is -0.136. The summed E-state index contributed by atoms with van der Waals surface area (Å²) in [5, 5.41) is 11.2. The van der Waals surface area contributed by atoms with Gasteiger partial charge < -0.3 is 14.9 Å². The van der Waals surface area contributed by atoms with Gasteiger partial charge in [-0.05, 0) is 24.3 Å². The van der Waals surface area contributed by atoms with Crippen molar-refractivity contribution < 1.29 is 9.90 Å². The zero-order chi connectivity index (χ0) is 22.6.